The highest BCUT2D eigenvalue weighted by atomic mass is 35.5. The van der Waals surface area contributed by atoms with Crippen molar-refractivity contribution in [3.8, 4) is 0 Å². The van der Waals surface area contributed by atoms with Gasteiger partial charge in [0.05, 0.1) is 21.2 Å². The van der Waals surface area contributed by atoms with Crippen LogP contribution in [0.5, 0.6) is 0 Å². The number of aliphatic hydroxyl groups is 1. The first-order valence-corrected chi connectivity index (χ1v) is 10.1. The number of amides is 1. The monoisotopic (exact) mass is 501 g/mol. The Morgan fingerprint density at radius 3 is 1.97 bits per heavy atom. The van der Waals surface area contributed by atoms with Gasteiger partial charge < -0.3 is 10.0 Å². The molecule has 0 aliphatic rings. The van der Waals surface area contributed by atoms with Crippen LogP contribution in [0.1, 0.15) is 28.7 Å². The van der Waals surface area contributed by atoms with E-state index in [0.29, 0.717) is 22.7 Å². The third-order valence-corrected chi connectivity index (χ3v) is 5.48. The van der Waals surface area contributed by atoms with E-state index in [1.54, 1.807) is 12.1 Å². The number of nitrogens with zero attached hydrogens (tertiary/aromatic N) is 1. The molecule has 0 aromatic heterocycles. The zero-order valence-corrected chi connectivity index (χ0v) is 18.2. The predicted octanol–water partition coefficient (Wildman–Crippen LogP) is 6.23. The second kappa shape index (κ2) is 10.3. The van der Waals surface area contributed by atoms with E-state index in [2.05, 4.69) is 0 Å². The van der Waals surface area contributed by atoms with Crippen LogP contribution in [-0.2, 0) is 30.1 Å². The lowest BCUT2D eigenvalue weighted by atomic mass is 9.94. The molecule has 1 N–H and O–H groups in total. The molecule has 1 unspecified atom stereocenters. The highest BCUT2D eigenvalue weighted by Gasteiger charge is 2.37. The van der Waals surface area contributed by atoms with Crippen molar-refractivity contribution < 1.29 is 36.2 Å². The molecule has 1 amide bonds. The Morgan fingerprint density at radius 1 is 0.938 bits per heavy atom. The number of carbonyl (C=O) groups is 1. The van der Waals surface area contributed by atoms with Crippen LogP contribution in [0.2, 0.25) is 10.0 Å². The van der Waals surface area contributed by atoms with E-state index in [-0.39, 0.29) is 36.1 Å². The molecule has 1 atom stereocenters. The molecule has 176 valence electrons. The van der Waals surface area contributed by atoms with Crippen LogP contribution in [0.4, 0.5) is 26.3 Å². The largest absolute Gasteiger partial charge is 0.416 e. The van der Waals surface area contributed by atoms with Crippen LogP contribution < -0.4 is 0 Å². The fraction of sp³-hybridized carbons (Fsp3) is 0.381. The molecule has 0 aliphatic carbocycles. The van der Waals surface area contributed by atoms with E-state index < -0.39 is 41.8 Å². The van der Waals surface area contributed by atoms with Crippen molar-refractivity contribution in [1.82, 2.24) is 4.90 Å². The lowest BCUT2D eigenvalue weighted by Gasteiger charge is -2.24. The van der Waals surface area contributed by atoms with Crippen LogP contribution in [0.3, 0.4) is 0 Å². The van der Waals surface area contributed by atoms with Crippen molar-refractivity contribution in [2.45, 2.75) is 31.7 Å². The highest BCUT2D eigenvalue weighted by Crippen LogP contribution is 2.36. The van der Waals surface area contributed by atoms with E-state index in [1.165, 1.54) is 13.1 Å². The van der Waals surface area contributed by atoms with Gasteiger partial charge >= 0.3 is 12.4 Å². The molecule has 32 heavy (non-hydrogen) atoms. The topological polar surface area (TPSA) is 40.5 Å². The zero-order valence-electron chi connectivity index (χ0n) is 16.7. The minimum atomic E-state index is -4.98. The molecule has 0 radical (unpaired) electrons. The quantitative estimate of drug-likeness (QED) is 0.456. The first-order chi connectivity index (χ1) is 14.7. The molecule has 3 nitrogen and oxygen atoms in total. The van der Waals surface area contributed by atoms with Gasteiger partial charge in [-0.2, -0.15) is 26.3 Å². The van der Waals surface area contributed by atoms with Crippen molar-refractivity contribution >= 4 is 29.1 Å². The van der Waals surface area contributed by atoms with E-state index in [4.69, 9.17) is 23.2 Å². The summed E-state index contributed by atoms with van der Waals surface area (Å²) in [5.41, 5.74) is -2.59. The SMILES string of the molecule is CN(Cc1cc(C(F)(F)F)cc(C(F)(F)F)c1)C(=O)C(CCO)Cc1ccc(Cl)c(Cl)c1. The Morgan fingerprint density at radius 2 is 1.50 bits per heavy atom. The van der Waals surface area contributed by atoms with Crippen LogP contribution in [0.25, 0.3) is 0 Å². The number of aliphatic hydroxyl groups excluding tert-OH is 1. The summed E-state index contributed by atoms with van der Waals surface area (Å²) in [6.45, 7) is -0.817. The number of rotatable bonds is 7. The van der Waals surface area contributed by atoms with Crippen molar-refractivity contribution in [3.63, 3.8) is 0 Å². The fourth-order valence-corrected chi connectivity index (χ4v) is 3.51. The maximum atomic E-state index is 13.1. The molecule has 2 aromatic carbocycles. The maximum absolute atomic E-state index is 13.1. The number of benzene rings is 2. The molecule has 0 aliphatic heterocycles. The van der Waals surface area contributed by atoms with E-state index >= 15 is 0 Å². The summed E-state index contributed by atoms with van der Waals surface area (Å²) >= 11 is 11.8. The normalized spacial score (nSPS) is 13.2. The van der Waals surface area contributed by atoms with Crippen molar-refractivity contribution in [2.24, 2.45) is 5.92 Å². The highest BCUT2D eigenvalue weighted by molar-refractivity contribution is 6.42. The summed E-state index contributed by atoms with van der Waals surface area (Å²) in [5, 5.41) is 9.89. The van der Waals surface area contributed by atoms with Gasteiger partial charge in [-0.3, -0.25) is 4.79 Å². The average molecular weight is 502 g/mol. The van der Waals surface area contributed by atoms with Gasteiger partial charge in [0.25, 0.3) is 0 Å². The maximum Gasteiger partial charge on any atom is 0.416 e. The summed E-state index contributed by atoms with van der Waals surface area (Å²) in [7, 11) is 1.27. The lowest BCUT2D eigenvalue weighted by Crippen LogP contribution is -2.34. The molecular weight excluding hydrogens is 483 g/mol. The van der Waals surface area contributed by atoms with E-state index in [9.17, 15) is 36.2 Å². The van der Waals surface area contributed by atoms with Crippen LogP contribution in [-0.4, -0.2) is 29.6 Å². The zero-order chi connectivity index (χ0) is 24.3. The standard InChI is InChI=1S/C21H19Cl2F6NO2/c1-30(11-13-7-15(20(24,25)26)10-16(8-13)21(27,28)29)19(32)14(4-5-31)6-12-2-3-17(22)18(23)9-12/h2-3,7-10,14,31H,4-6,11H2,1H3. The number of carbonyl (C=O) groups excluding carboxylic acids is 1. The molecule has 0 spiro atoms. The Kier molecular flexibility index (Phi) is 8.47. The minimum absolute atomic E-state index is 0.0319. The molecule has 0 saturated heterocycles. The molecule has 0 fully saturated rings. The number of halogens is 8. The fourth-order valence-electron chi connectivity index (χ4n) is 3.19. The van der Waals surface area contributed by atoms with Crippen LogP contribution in [0, 0.1) is 5.92 Å². The van der Waals surface area contributed by atoms with Crippen LogP contribution >= 0.6 is 23.2 Å². The summed E-state index contributed by atoms with van der Waals surface area (Å²) in [6.07, 6.45) is -9.77. The Labute approximate surface area is 190 Å². The second-order valence-electron chi connectivity index (χ2n) is 7.27. The third kappa shape index (κ3) is 7.02. The van der Waals surface area contributed by atoms with Gasteiger partial charge in [0.1, 0.15) is 0 Å². The van der Waals surface area contributed by atoms with E-state index in [1.807, 2.05) is 0 Å². The molecule has 0 saturated carbocycles. The summed E-state index contributed by atoms with van der Waals surface area (Å²) < 4.78 is 78.4. The smallest absolute Gasteiger partial charge is 0.396 e. The number of alkyl halides is 6. The molecule has 2 rings (SSSR count). The van der Waals surface area contributed by atoms with Gasteiger partial charge in [-0.25, -0.2) is 0 Å². The number of hydrogen-bond donors (Lipinski definition) is 1. The Balaban J connectivity index is 2.27. The predicted molar refractivity (Wildman–Crippen MR) is 108 cm³/mol. The molecule has 11 heteroatoms. The summed E-state index contributed by atoms with van der Waals surface area (Å²) in [4.78, 5) is 13.9. The Hall–Kier alpha value is -1.97. The van der Waals surface area contributed by atoms with Crippen LogP contribution in [0.15, 0.2) is 36.4 Å². The van der Waals surface area contributed by atoms with Crippen molar-refractivity contribution in [3.05, 3.63) is 68.7 Å². The van der Waals surface area contributed by atoms with E-state index in [0.717, 1.165) is 4.90 Å². The summed E-state index contributed by atoms with van der Waals surface area (Å²) in [6, 6.07) is 5.91. The van der Waals surface area contributed by atoms with Gasteiger partial charge in [-0.15, -0.1) is 0 Å². The summed E-state index contributed by atoms with van der Waals surface area (Å²) in [5.74, 6) is -1.31. The molecular formula is C21H19Cl2F6NO2. The third-order valence-electron chi connectivity index (χ3n) is 4.74. The lowest BCUT2D eigenvalue weighted by molar-refractivity contribution is -0.143. The molecule has 0 heterocycles. The number of hydrogen-bond acceptors (Lipinski definition) is 2. The molecule has 0 bridgehead atoms. The first kappa shape index (κ1) is 26.3. The molecule has 2 aromatic rings. The second-order valence-corrected chi connectivity index (χ2v) is 8.08. The minimum Gasteiger partial charge on any atom is -0.396 e. The van der Waals surface area contributed by atoms with Crippen molar-refractivity contribution in [1.29, 1.82) is 0 Å². The van der Waals surface area contributed by atoms with Gasteiger partial charge in [-0.05, 0) is 54.3 Å². The van der Waals surface area contributed by atoms with Crippen molar-refractivity contribution in [2.75, 3.05) is 13.7 Å². The average Bonchev–Trinajstić information content (AvgIpc) is 2.68. The van der Waals surface area contributed by atoms with Gasteiger partial charge in [0.15, 0.2) is 0 Å². The Bertz CT molecular complexity index is 930. The first-order valence-electron chi connectivity index (χ1n) is 9.30. The van der Waals surface area contributed by atoms with Gasteiger partial charge in [0.2, 0.25) is 5.91 Å². The van der Waals surface area contributed by atoms with Gasteiger partial charge in [0, 0.05) is 26.1 Å². The van der Waals surface area contributed by atoms with Gasteiger partial charge in [-0.1, -0.05) is 29.3 Å².